The SMILES string of the molecule is O=C(Nc1ncnc2nc[nH]c12)c1ccsc1. The van der Waals surface area contributed by atoms with Gasteiger partial charge >= 0.3 is 0 Å². The van der Waals surface area contributed by atoms with E-state index in [-0.39, 0.29) is 5.91 Å². The van der Waals surface area contributed by atoms with Gasteiger partial charge in [-0.3, -0.25) is 4.79 Å². The lowest BCUT2D eigenvalue weighted by atomic mass is 10.3. The highest BCUT2D eigenvalue weighted by Crippen LogP contribution is 2.16. The summed E-state index contributed by atoms with van der Waals surface area (Å²) in [4.78, 5) is 26.7. The molecular formula is C10H7N5OS. The minimum absolute atomic E-state index is 0.194. The van der Waals surface area contributed by atoms with Gasteiger partial charge in [0, 0.05) is 5.38 Å². The molecule has 0 saturated heterocycles. The van der Waals surface area contributed by atoms with Crippen molar-refractivity contribution in [3.8, 4) is 0 Å². The van der Waals surface area contributed by atoms with Crippen LogP contribution in [0.2, 0.25) is 0 Å². The number of fused-ring (bicyclic) bond motifs is 1. The molecule has 0 unspecified atom stereocenters. The number of anilines is 1. The number of hydrogen-bond donors (Lipinski definition) is 2. The number of hydrogen-bond acceptors (Lipinski definition) is 5. The number of rotatable bonds is 2. The number of H-pyrrole nitrogens is 1. The molecule has 3 heterocycles. The monoisotopic (exact) mass is 245 g/mol. The Balaban J connectivity index is 1.95. The number of imidazole rings is 1. The third-order valence-corrected chi connectivity index (χ3v) is 2.92. The van der Waals surface area contributed by atoms with Gasteiger partial charge < -0.3 is 10.3 Å². The van der Waals surface area contributed by atoms with Gasteiger partial charge in [0.05, 0.1) is 11.9 Å². The molecule has 0 aromatic carbocycles. The molecular weight excluding hydrogens is 238 g/mol. The Labute approximate surface area is 99.8 Å². The quantitative estimate of drug-likeness (QED) is 0.719. The summed E-state index contributed by atoms with van der Waals surface area (Å²) in [6, 6.07) is 1.76. The van der Waals surface area contributed by atoms with Crippen molar-refractivity contribution < 1.29 is 4.79 Å². The zero-order chi connectivity index (χ0) is 11.7. The fraction of sp³-hybridized carbons (Fsp3) is 0. The molecule has 0 aliphatic heterocycles. The van der Waals surface area contributed by atoms with Crippen LogP contribution in [0.25, 0.3) is 11.2 Å². The lowest BCUT2D eigenvalue weighted by Gasteiger charge is -2.02. The summed E-state index contributed by atoms with van der Waals surface area (Å²) in [5.41, 5.74) is 1.76. The van der Waals surface area contributed by atoms with E-state index in [0.29, 0.717) is 22.5 Å². The molecule has 1 amide bonds. The van der Waals surface area contributed by atoms with Crippen molar-refractivity contribution in [1.29, 1.82) is 0 Å². The van der Waals surface area contributed by atoms with Crippen LogP contribution in [0, 0.1) is 0 Å². The van der Waals surface area contributed by atoms with Gasteiger partial charge in [-0.15, -0.1) is 0 Å². The highest BCUT2D eigenvalue weighted by atomic mass is 32.1. The second-order valence-electron chi connectivity index (χ2n) is 3.29. The van der Waals surface area contributed by atoms with Crippen LogP contribution < -0.4 is 5.32 Å². The van der Waals surface area contributed by atoms with Crippen LogP contribution in [-0.4, -0.2) is 25.8 Å². The van der Waals surface area contributed by atoms with Gasteiger partial charge in [-0.2, -0.15) is 11.3 Å². The normalized spacial score (nSPS) is 10.6. The van der Waals surface area contributed by atoms with Gasteiger partial charge in [0.1, 0.15) is 11.8 Å². The van der Waals surface area contributed by atoms with E-state index in [1.54, 1.807) is 11.4 Å². The lowest BCUT2D eigenvalue weighted by molar-refractivity contribution is 0.102. The lowest BCUT2D eigenvalue weighted by Crippen LogP contribution is -2.12. The Morgan fingerprint density at radius 3 is 3.12 bits per heavy atom. The number of carbonyl (C=O) groups excluding carboxylic acids is 1. The first-order valence-electron chi connectivity index (χ1n) is 4.82. The molecule has 0 aliphatic rings. The van der Waals surface area contributed by atoms with Crippen molar-refractivity contribution >= 4 is 34.2 Å². The second-order valence-corrected chi connectivity index (χ2v) is 4.07. The first kappa shape index (κ1) is 9.91. The van der Waals surface area contributed by atoms with Crippen molar-refractivity contribution in [2.45, 2.75) is 0 Å². The molecule has 0 fully saturated rings. The molecule has 0 radical (unpaired) electrons. The largest absolute Gasteiger partial charge is 0.340 e. The van der Waals surface area contributed by atoms with E-state index in [2.05, 4.69) is 25.3 Å². The van der Waals surface area contributed by atoms with Crippen molar-refractivity contribution in [2.24, 2.45) is 0 Å². The summed E-state index contributed by atoms with van der Waals surface area (Å²) < 4.78 is 0. The van der Waals surface area contributed by atoms with Crippen LogP contribution in [0.5, 0.6) is 0 Å². The molecule has 3 aromatic heterocycles. The van der Waals surface area contributed by atoms with Gasteiger partial charge in [0.2, 0.25) is 0 Å². The molecule has 0 spiro atoms. The van der Waals surface area contributed by atoms with Crippen LogP contribution in [0.1, 0.15) is 10.4 Å². The van der Waals surface area contributed by atoms with Gasteiger partial charge in [-0.1, -0.05) is 0 Å². The molecule has 17 heavy (non-hydrogen) atoms. The minimum atomic E-state index is -0.194. The van der Waals surface area contributed by atoms with Crippen LogP contribution in [-0.2, 0) is 0 Å². The number of nitrogens with one attached hydrogen (secondary N) is 2. The van der Waals surface area contributed by atoms with Gasteiger partial charge in [0.25, 0.3) is 5.91 Å². The highest BCUT2D eigenvalue weighted by Gasteiger charge is 2.11. The molecule has 3 aromatic rings. The maximum Gasteiger partial charge on any atom is 0.257 e. The molecule has 0 saturated carbocycles. The third-order valence-electron chi connectivity index (χ3n) is 2.24. The van der Waals surface area contributed by atoms with Crippen molar-refractivity contribution in [1.82, 2.24) is 19.9 Å². The van der Waals surface area contributed by atoms with E-state index in [0.717, 1.165) is 0 Å². The number of nitrogens with zero attached hydrogens (tertiary/aromatic N) is 3. The summed E-state index contributed by atoms with van der Waals surface area (Å²) in [6.45, 7) is 0. The van der Waals surface area contributed by atoms with E-state index in [4.69, 9.17) is 0 Å². The summed E-state index contributed by atoms with van der Waals surface area (Å²) in [5.74, 6) is 0.240. The number of thiophene rings is 1. The van der Waals surface area contributed by atoms with Crippen LogP contribution in [0.4, 0.5) is 5.82 Å². The van der Waals surface area contributed by atoms with Gasteiger partial charge in [0.15, 0.2) is 11.5 Å². The summed E-state index contributed by atoms with van der Waals surface area (Å²) >= 11 is 1.47. The summed E-state index contributed by atoms with van der Waals surface area (Å²) in [5, 5.41) is 6.35. The third kappa shape index (κ3) is 1.76. The molecule has 6 nitrogen and oxygen atoms in total. The Morgan fingerprint density at radius 2 is 2.29 bits per heavy atom. The molecule has 2 N–H and O–H groups in total. The summed E-state index contributed by atoms with van der Waals surface area (Å²) in [7, 11) is 0. The van der Waals surface area contributed by atoms with Gasteiger partial charge in [-0.25, -0.2) is 15.0 Å². The van der Waals surface area contributed by atoms with Crippen molar-refractivity contribution in [3.05, 3.63) is 35.0 Å². The predicted octanol–water partition coefficient (Wildman–Crippen LogP) is 1.67. The molecule has 84 valence electrons. The first-order valence-corrected chi connectivity index (χ1v) is 5.76. The summed E-state index contributed by atoms with van der Waals surface area (Å²) in [6.07, 6.45) is 2.88. The van der Waals surface area contributed by atoms with Gasteiger partial charge in [-0.05, 0) is 11.4 Å². The smallest absolute Gasteiger partial charge is 0.257 e. The van der Waals surface area contributed by atoms with E-state index in [1.165, 1.54) is 24.0 Å². The standard InChI is InChI=1S/C10H7N5OS/c16-10(6-1-2-17-3-6)15-9-7-8(12-4-11-7)13-5-14-9/h1-5H,(H2,11,12,13,14,15,16). The van der Waals surface area contributed by atoms with E-state index < -0.39 is 0 Å². The highest BCUT2D eigenvalue weighted by molar-refractivity contribution is 7.08. The van der Waals surface area contributed by atoms with Crippen molar-refractivity contribution in [3.63, 3.8) is 0 Å². The molecule has 0 atom stereocenters. The zero-order valence-corrected chi connectivity index (χ0v) is 9.36. The Kier molecular flexibility index (Phi) is 2.30. The number of carbonyl (C=O) groups is 1. The molecule has 3 rings (SSSR count). The topological polar surface area (TPSA) is 83.6 Å². The maximum absolute atomic E-state index is 11.8. The van der Waals surface area contributed by atoms with E-state index in [9.17, 15) is 4.79 Å². The van der Waals surface area contributed by atoms with Crippen LogP contribution >= 0.6 is 11.3 Å². The fourth-order valence-electron chi connectivity index (χ4n) is 1.43. The molecule has 0 bridgehead atoms. The average Bonchev–Trinajstić information content (AvgIpc) is 3.00. The van der Waals surface area contributed by atoms with Crippen molar-refractivity contribution in [2.75, 3.05) is 5.32 Å². The number of aromatic nitrogens is 4. The van der Waals surface area contributed by atoms with E-state index in [1.807, 2.05) is 5.38 Å². The van der Waals surface area contributed by atoms with Crippen LogP contribution in [0.15, 0.2) is 29.5 Å². The second kappa shape index (κ2) is 3.95. The number of aromatic amines is 1. The molecule has 7 heteroatoms. The maximum atomic E-state index is 11.8. The number of amides is 1. The van der Waals surface area contributed by atoms with E-state index >= 15 is 0 Å². The Morgan fingerprint density at radius 1 is 1.35 bits per heavy atom. The first-order chi connectivity index (χ1) is 8.34. The minimum Gasteiger partial charge on any atom is -0.340 e. The van der Waals surface area contributed by atoms with Crippen LogP contribution in [0.3, 0.4) is 0 Å². The Hall–Kier alpha value is -2.28. The fourth-order valence-corrected chi connectivity index (χ4v) is 2.07. The Bertz CT molecular complexity index is 660. The average molecular weight is 245 g/mol. The zero-order valence-electron chi connectivity index (χ0n) is 8.54. The predicted molar refractivity (Wildman–Crippen MR) is 64.0 cm³/mol. The molecule has 0 aliphatic carbocycles.